The molecule has 0 bridgehead atoms. The summed E-state index contributed by atoms with van der Waals surface area (Å²) in [4.78, 5) is 12.9. The summed E-state index contributed by atoms with van der Waals surface area (Å²) in [5.74, 6) is 1.95. The van der Waals surface area contributed by atoms with Crippen molar-refractivity contribution < 1.29 is 4.79 Å². The van der Waals surface area contributed by atoms with Crippen molar-refractivity contribution in [3.05, 3.63) is 101 Å². The normalized spacial score (nSPS) is 11.1. The molecular formula is C27H30N2OS2. The average Bonchev–Trinajstić information content (AvgIpc) is 2.79. The smallest absolute Gasteiger partial charge is 0.193 e. The number of nitrogens with one attached hydrogen (secondary N) is 2. The zero-order valence-electron chi connectivity index (χ0n) is 18.9. The molecule has 0 aromatic heterocycles. The molecule has 0 spiro atoms. The molecule has 3 aromatic carbocycles. The fourth-order valence-electron chi connectivity index (χ4n) is 3.20. The second kappa shape index (κ2) is 11.3. The van der Waals surface area contributed by atoms with Crippen molar-refractivity contribution in [1.29, 1.82) is 0 Å². The lowest BCUT2D eigenvalue weighted by molar-refractivity contribution is 0.103. The minimum atomic E-state index is 0.00491. The van der Waals surface area contributed by atoms with Gasteiger partial charge in [-0.3, -0.25) is 4.79 Å². The highest BCUT2D eigenvalue weighted by Gasteiger charge is 2.15. The maximum atomic E-state index is 12.9. The van der Waals surface area contributed by atoms with Crippen LogP contribution in [0.3, 0.4) is 0 Å². The SMILES string of the molecule is CC(C)(C)c1ccc(C(=O)c2cccc(NC(=S)NCCSCc3ccccc3)c2)cc1. The van der Waals surface area contributed by atoms with E-state index in [4.69, 9.17) is 12.2 Å². The number of hydrogen-bond acceptors (Lipinski definition) is 3. The molecule has 0 saturated carbocycles. The summed E-state index contributed by atoms with van der Waals surface area (Å²) in [6.07, 6.45) is 0. The fourth-order valence-corrected chi connectivity index (χ4v) is 4.24. The summed E-state index contributed by atoms with van der Waals surface area (Å²) in [5.41, 5.74) is 4.73. The number of carbonyl (C=O) groups is 1. The molecule has 3 nitrogen and oxygen atoms in total. The van der Waals surface area contributed by atoms with Gasteiger partial charge in [-0.1, -0.05) is 87.5 Å². The van der Waals surface area contributed by atoms with E-state index in [1.807, 2.05) is 66.4 Å². The zero-order valence-corrected chi connectivity index (χ0v) is 20.5. The maximum absolute atomic E-state index is 12.9. The highest BCUT2D eigenvalue weighted by Crippen LogP contribution is 2.23. The third-order valence-corrected chi connectivity index (χ3v) is 6.32. The summed E-state index contributed by atoms with van der Waals surface area (Å²) in [6.45, 7) is 7.27. The molecule has 32 heavy (non-hydrogen) atoms. The Balaban J connectivity index is 1.49. The standard InChI is InChI=1S/C27H30N2OS2/c1-27(2,3)23-14-12-21(13-15-23)25(30)22-10-7-11-24(18-22)29-26(31)28-16-17-32-19-20-8-5-4-6-9-20/h4-15,18H,16-17,19H2,1-3H3,(H2,28,29,31). The van der Waals surface area contributed by atoms with Crippen LogP contribution in [0.5, 0.6) is 0 Å². The molecule has 5 heteroatoms. The molecule has 0 saturated heterocycles. The summed E-state index contributed by atoms with van der Waals surface area (Å²) in [6, 6.07) is 25.8. The number of thiocarbonyl (C=S) groups is 1. The zero-order chi connectivity index (χ0) is 23.0. The molecule has 0 unspecified atom stereocenters. The quantitative estimate of drug-likeness (QED) is 0.229. The van der Waals surface area contributed by atoms with Crippen LogP contribution in [0.25, 0.3) is 0 Å². The van der Waals surface area contributed by atoms with Crippen molar-refractivity contribution in [2.75, 3.05) is 17.6 Å². The van der Waals surface area contributed by atoms with Crippen LogP contribution in [0.15, 0.2) is 78.9 Å². The van der Waals surface area contributed by atoms with Gasteiger partial charge in [0.05, 0.1) is 0 Å². The van der Waals surface area contributed by atoms with E-state index in [1.165, 1.54) is 11.1 Å². The molecule has 0 aliphatic heterocycles. The van der Waals surface area contributed by atoms with Gasteiger partial charge in [0, 0.05) is 34.9 Å². The van der Waals surface area contributed by atoms with Crippen molar-refractivity contribution >= 4 is 40.6 Å². The highest BCUT2D eigenvalue weighted by molar-refractivity contribution is 7.98. The van der Waals surface area contributed by atoms with E-state index in [9.17, 15) is 4.79 Å². The number of ketones is 1. The van der Waals surface area contributed by atoms with Crippen LogP contribution >= 0.6 is 24.0 Å². The van der Waals surface area contributed by atoms with Crippen molar-refractivity contribution in [3.8, 4) is 0 Å². The van der Waals surface area contributed by atoms with Crippen LogP contribution in [-0.2, 0) is 11.2 Å². The van der Waals surface area contributed by atoms with Crippen molar-refractivity contribution in [1.82, 2.24) is 5.32 Å². The van der Waals surface area contributed by atoms with Crippen molar-refractivity contribution in [3.63, 3.8) is 0 Å². The average molecular weight is 463 g/mol. The van der Waals surface area contributed by atoms with E-state index in [1.54, 1.807) is 0 Å². The topological polar surface area (TPSA) is 41.1 Å². The van der Waals surface area contributed by atoms with Gasteiger partial charge in [0.1, 0.15) is 0 Å². The maximum Gasteiger partial charge on any atom is 0.193 e. The van der Waals surface area contributed by atoms with E-state index in [0.29, 0.717) is 16.2 Å². The Morgan fingerprint density at radius 3 is 2.31 bits per heavy atom. The number of hydrogen-bond donors (Lipinski definition) is 2. The predicted octanol–water partition coefficient (Wildman–Crippen LogP) is 6.43. The van der Waals surface area contributed by atoms with Crippen LogP contribution in [0.1, 0.15) is 47.8 Å². The van der Waals surface area contributed by atoms with Crippen LogP contribution in [-0.4, -0.2) is 23.2 Å². The molecule has 3 aromatic rings. The molecular weight excluding hydrogens is 432 g/mol. The first-order chi connectivity index (χ1) is 15.3. The molecule has 0 aliphatic carbocycles. The van der Waals surface area contributed by atoms with Crippen LogP contribution < -0.4 is 10.6 Å². The second-order valence-electron chi connectivity index (χ2n) is 8.66. The van der Waals surface area contributed by atoms with E-state index in [0.717, 1.165) is 23.7 Å². The van der Waals surface area contributed by atoms with Gasteiger partial charge in [-0.25, -0.2) is 0 Å². The Kier molecular flexibility index (Phi) is 8.48. The lowest BCUT2D eigenvalue weighted by atomic mass is 9.86. The first-order valence-corrected chi connectivity index (χ1v) is 12.3. The Hall–Kier alpha value is -2.63. The summed E-state index contributed by atoms with van der Waals surface area (Å²) < 4.78 is 0. The molecule has 3 rings (SSSR count). The Labute approximate surface area is 201 Å². The molecule has 0 amide bonds. The van der Waals surface area contributed by atoms with Crippen LogP contribution in [0, 0.1) is 0 Å². The van der Waals surface area contributed by atoms with Crippen molar-refractivity contribution in [2.45, 2.75) is 31.9 Å². The van der Waals surface area contributed by atoms with Gasteiger partial charge >= 0.3 is 0 Å². The fraction of sp³-hybridized carbons (Fsp3) is 0.259. The number of anilines is 1. The molecule has 0 radical (unpaired) electrons. The number of benzene rings is 3. The molecule has 0 fully saturated rings. The monoisotopic (exact) mass is 462 g/mol. The third kappa shape index (κ3) is 7.21. The Morgan fingerprint density at radius 2 is 1.62 bits per heavy atom. The lowest BCUT2D eigenvalue weighted by Crippen LogP contribution is -2.30. The molecule has 0 atom stereocenters. The van der Waals surface area contributed by atoms with Crippen LogP contribution in [0.4, 0.5) is 5.69 Å². The minimum Gasteiger partial charge on any atom is -0.362 e. The van der Waals surface area contributed by atoms with Gasteiger partial charge in [0.2, 0.25) is 0 Å². The third-order valence-electron chi connectivity index (χ3n) is 5.04. The van der Waals surface area contributed by atoms with Gasteiger partial charge in [-0.15, -0.1) is 0 Å². The Bertz CT molecular complexity index is 1040. The van der Waals surface area contributed by atoms with Gasteiger partial charge in [-0.2, -0.15) is 11.8 Å². The largest absolute Gasteiger partial charge is 0.362 e. The summed E-state index contributed by atoms with van der Waals surface area (Å²) >= 11 is 7.28. The lowest BCUT2D eigenvalue weighted by Gasteiger charge is -2.19. The van der Waals surface area contributed by atoms with E-state index >= 15 is 0 Å². The first-order valence-electron chi connectivity index (χ1n) is 10.7. The van der Waals surface area contributed by atoms with E-state index in [2.05, 4.69) is 55.7 Å². The van der Waals surface area contributed by atoms with Gasteiger partial charge in [0.15, 0.2) is 10.9 Å². The molecule has 0 aliphatic rings. The van der Waals surface area contributed by atoms with Gasteiger partial charge < -0.3 is 10.6 Å². The number of carbonyl (C=O) groups excluding carboxylic acids is 1. The van der Waals surface area contributed by atoms with Crippen LogP contribution in [0.2, 0.25) is 0 Å². The minimum absolute atomic E-state index is 0.00491. The van der Waals surface area contributed by atoms with Crippen molar-refractivity contribution in [2.24, 2.45) is 0 Å². The summed E-state index contributed by atoms with van der Waals surface area (Å²) in [5, 5.41) is 6.98. The first kappa shape index (κ1) is 24.0. The number of thioether (sulfide) groups is 1. The predicted molar refractivity (Wildman–Crippen MR) is 142 cm³/mol. The highest BCUT2D eigenvalue weighted by atomic mass is 32.2. The van der Waals surface area contributed by atoms with E-state index in [-0.39, 0.29) is 11.2 Å². The number of rotatable bonds is 8. The Morgan fingerprint density at radius 1 is 0.906 bits per heavy atom. The van der Waals surface area contributed by atoms with Gasteiger partial charge in [0.25, 0.3) is 0 Å². The molecule has 166 valence electrons. The summed E-state index contributed by atoms with van der Waals surface area (Å²) in [7, 11) is 0. The van der Waals surface area contributed by atoms with Gasteiger partial charge in [-0.05, 0) is 40.9 Å². The van der Waals surface area contributed by atoms with E-state index < -0.39 is 0 Å². The molecule has 2 N–H and O–H groups in total. The molecule has 0 heterocycles. The second-order valence-corrected chi connectivity index (χ2v) is 10.2.